The van der Waals surface area contributed by atoms with Crippen molar-refractivity contribution in [3.8, 4) is 11.5 Å². The molecule has 0 saturated heterocycles. The Balaban J connectivity index is 2.15. The number of hydrogen-bond acceptors (Lipinski definition) is 4. The van der Waals surface area contributed by atoms with Crippen LogP contribution in [0.2, 0.25) is 0 Å². The number of benzene rings is 1. The quantitative estimate of drug-likeness (QED) is 0.782. The van der Waals surface area contributed by atoms with E-state index in [1.807, 2.05) is 26.0 Å². The van der Waals surface area contributed by atoms with E-state index in [0.29, 0.717) is 28.2 Å². The Labute approximate surface area is 144 Å². The predicted molar refractivity (Wildman–Crippen MR) is 91.7 cm³/mol. The van der Waals surface area contributed by atoms with Gasteiger partial charge < -0.3 is 14.3 Å². The third kappa shape index (κ3) is 4.16. The Morgan fingerprint density at radius 2 is 2.00 bits per heavy atom. The van der Waals surface area contributed by atoms with Gasteiger partial charge in [0.05, 0.1) is 0 Å². The average molecular weight is 381 g/mol. The van der Waals surface area contributed by atoms with Gasteiger partial charge in [-0.2, -0.15) is 0 Å². The van der Waals surface area contributed by atoms with Crippen molar-refractivity contribution < 1.29 is 19.1 Å². The van der Waals surface area contributed by atoms with Crippen LogP contribution < -0.4 is 4.74 Å². The third-order valence-electron chi connectivity index (χ3n) is 4.05. The number of phenolic OH excluding ortho intramolecular Hbond substituents is 1. The number of ketones is 1. The lowest BCUT2D eigenvalue weighted by atomic mass is 9.82. The Kier molecular flexibility index (Phi) is 5.19. The first-order valence-electron chi connectivity index (χ1n) is 7.40. The van der Waals surface area contributed by atoms with Crippen LogP contribution in [-0.2, 0) is 17.8 Å². The van der Waals surface area contributed by atoms with E-state index in [4.69, 9.17) is 9.15 Å². The van der Waals surface area contributed by atoms with Crippen LogP contribution in [0.3, 0.4) is 0 Å². The SMILES string of the molecule is CC(=O)C(C)(C)Cc1ccc(OCc2ccc(Br)o2)c(C)c1O. The topological polar surface area (TPSA) is 59.7 Å². The fraction of sp³-hybridized carbons (Fsp3) is 0.389. The molecule has 0 fully saturated rings. The zero-order chi connectivity index (χ0) is 17.2. The molecule has 0 aliphatic heterocycles. The number of carbonyl (C=O) groups excluding carboxylic acids is 1. The van der Waals surface area contributed by atoms with Crippen molar-refractivity contribution in [1.29, 1.82) is 0 Å². The summed E-state index contributed by atoms with van der Waals surface area (Å²) >= 11 is 3.24. The summed E-state index contributed by atoms with van der Waals surface area (Å²) in [6.45, 7) is 7.41. The maximum atomic E-state index is 11.7. The van der Waals surface area contributed by atoms with Crippen LogP contribution in [0.4, 0.5) is 0 Å². The highest BCUT2D eigenvalue weighted by molar-refractivity contribution is 9.10. The van der Waals surface area contributed by atoms with Crippen molar-refractivity contribution >= 4 is 21.7 Å². The van der Waals surface area contributed by atoms with Crippen LogP contribution in [-0.4, -0.2) is 10.9 Å². The fourth-order valence-corrected chi connectivity index (χ4v) is 2.56. The Morgan fingerprint density at radius 3 is 2.57 bits per heavy atom. The molecule has 1 N–H and O–H groups in total. The van der Waals surface area contributed by atoms with Gasteiger partial charge in [-0.25, -0.2) is 0 Å². The smallest absolute Gasteiger partial charge is 0.169 e. The molecule has 4 nitrogen and oxygen atoms in total. The van der Waals surface area contributed by atoms with Gasteiger partial charge in [0.25, 0.3) is 0 Å². The van der Waals surface area contributed by atoms with Crippen molar-refractivity contribution in [3.63, 3.8) is 0 Å². The van der Waals surface area contributed by atoms with Crippen LogP contribution in [0.5, 0.6) is 11.5 Å². The van der Waals surface area contributed by atoms with Crippen molar-refractivity contribution in [2.24, 2.45) is 5.41 Å². The molecule has 5 heteroatoms. The summed E-state index contributed by atoms with van der Waals surface area (Å²) in [7, 11) is 0. The van der Waals surface area contributed by atoms with Gasteiger partial charge in [0.1, 0.15) is 29.6 Å². The van der Waals surface area contributed by atoms with Gasteiger partial charge >= 0.3 is 0 Å². The number of halogens is 1. The number of hydrogen-bond donors (Lipinski definition) is 1. The summed E-state index contributed by atoms with van der Waals surface area (Å²) in [6.07, 6.45) is 0.487. The Hall–Kier alpha value is -1.75. The minimum absolute atomic E-state index is 0.0956. The molecule has 0 aliphatic rings. The number of ether oxygens (including phenoxy) is 1. The highest BCUT2D eigenvalue weighted by Crippen LogP contribution is 2.35. The average Bonchev–Trinajstić information content (AvgIpc) is 2.88. The second-order valence-corrected chi connectivity index (χ2v) is 7.09. The van der Waals surface area contributed by atoms with E-state index in [1.54, 1.807) is 26.0 Å². The number of rotatable bonds is 6. The minimum atomic E-state index is -0.507. The fourth-order valence-electron chi connectivity index (χ4n) is 2.22. The summed E-state index contributed by atoms with van der Waals surface area (Å²) in [4.78, 5) is 11.7. The van der Waals surface area contributed by atoms with Gasteiger partial charge in [-0.05, 0) is 60.0 Å². The first-order chi connectivity index (χ1) is 10.7. The van der Waals surface area contributed by atoms with Crippen LogP contribution in [0.1, 0.15) is 37.7 Å². The molecule has 0 unspecified atom stereocenters. The zero-order valence-corrected chi connectivity index (χ0v) is 15.4. The van der Waals surface area contributed by atoms with Crippen molar-refractivity contribution in [2.45, 2.75) is 40.7 Å². The lowest BCUT2D eigenvalue weighted by Crippen LogP contribution is -2.24. The molecule has 1 aromatic heterocycles. The molecule has 124 valence electrons. The van der Waals surface area contributed by atoms with E-state index in [0.717, 1.165) is 5.56 Å². The monoisotopic (exact) mass is 380 g/mol. The second-order valence-electron chi connectivity index (χ2n) is 6.31. The summed E-state index contributed by atoms with van der Waals surface area (Å²) < 4.78 is 11.7. The molecule has 1 heterocycles. The van der Waals surface area contributed by atoms with Gasteiger partial charge in [0.15, 0.2) is 4.67 Å². The van der Waals surface area contributed by atoms with Gasteiger partial charge in [0, 0.05) is 11.0 Å². The normalized spacial score (nSPS) is 11.5. The molecule has 0 amide bonds. The lowest BCUT2D eigenvalue weighted by Gasteiger charge is -2.22. The standard InChI is InChI=1S/C18H21BrO4/c1-11-15(22-10-14-6-8-16(19)23-14)7-5-13(17(11)21)9-18(3,4)12(2)20/h5-8,21H,9-10H2,1-4H3. The number of carbonyl (C=O) groups is 1. The van der Waals surface area contributed by atoms with Crippen molar-refractivity contribution in [1.82, 2.24) is 0 Å². The predicted octanol–water partition coefficient (Wildman–Crippen LogP) is 4.79. The minimum Gasteiger partial charge on any atom is -0.507 e. The number of furan rings is 1. The summed E-state index contributed by atoms with van der Waals surface area (Å²) in [5.41, 5.74) is 0.899. The van der Waals surface area contributed by atoms with E-state index in [2.05, 4.69) is 15.9 Å². The maximum absolute atomic E-state index is 11.7. The van der Waals surface area contributed by atoms with Gasteiger partial charge in [-0.3, -0.25) is 4.79 Å². The maximum Gasteiger partial charge on any atom is 0.169 e. The van der Waals surface area contributed by atoms with Crippen molar-refractivity contribution in [3.05, 3.63) is 45.8 Å². The van der Waals surface area contributed by atoms with E-state index in [9.17, 15) is 9.90 Å². The van der Waals surface area contributed by atoms with E-state index < -0.39 is 5.41 Å². The molecule has 23 heavy (non-hydrogen) atoms. The lowest BCUT2D eigenvalue weighted by molar-refractivity contribution is -0.124. The summed E-state index contributed by atoms with van der Waals surface area (Å²) in [5, 5.41) is 10.4. The van der Waals surface area contributed by atoms with Crippen molar-refractivity contribution in [2.75, 3.05) is 0 Å². The molecule has 2 aromatic rings. The first kappa shape index (κ1) is 17.6. The van der Waals surface area contributed by atoms with E-state index in [-0.39, 0.29) is 18.1 Å². The molecule has 1 aromatic carbocycles. The number of Topliss-reactive ketones (excluding diaryl/α,β-unsaturated/α-hetero) is 1. The molecule has 0 atom stereocenters. The molecule has 0 saturated carbocycles. The molecule has 2 rings (SSSR count). The number of aromatic hydroxyl groups is 1. The van der Waals surface area contributed by atoms with E-state index >= 15 is 0 Å². The largest absolute Gasteiger partial charge is 0.507 e. The zero-order valence-electron chi connectivity index (χ0n) is 13.8. The Morgan fingerprint density at radius 1 is 1.30 bits per heavy atom. The van der Waals surface area contributed by atoms with Gasteiger partial charge in [-0.15, -0.1) is 0 Å². The van der Waals surface area contributed by atoms with Crippen LogP contribution in [0, 0.1) is 12.3 Å². The molecule has 0 spiro atoms. The van der Waals surface area contributed by atoms with Gasteiger partial charge in [-0.1, -0.05) is 19.9 Å². The van der Waals surface area contributed by atoms with Crippen LogP contribution in [0.25, 0.3) is 0 Å². The van der Waals surface area contributed by atoms with Gasteiger partial charge in [0.2, 0.25) is 0 Å². The Bertz CT molecular complexity index is 716. The highest BCUT2D eigenvalue weighted by Gasteiger charge is 2.26. The van der Waals surface area contributed by atoms with Crippen LogP contribution >= 0.6 is 15.9 Å². The molecular weight excluding hydrogens is 360 g/mol. The summed E-state index contributed by atoms with van der Waals surface area (Å²) in [5.74, 6) is 1.56. The summed E-state index contributed by atoms with van der Waals surface area (Å²) in [6, 6.07) is 7.25. The molecule has 0 radical (unpaired) electrons. The van der Waals surface area contributed by atoms with Crippen LogP contribution in [0.15, 0.2) is 33.4 Å². The second kappa shape index (κ2) is 6.79. The molecular formula is C18H21BrO4. The third-order valence-corrected chi connectivity index (χ3v) is 4.48. The highest BCUT2D eigenvalue weighted by atomic mass is 79.9. The molecule has 0 aliphatic carbocycles. The number of phenols is 1. The van der Waals surface area contributed by atoms with E-state index in [1.165, 1.54) is 0 Å². The molecule has 0 bridgehead atoms. The first-order valence-corrected chi connectivity index (χ1v) is 8.19.